The van der Waals surface area contributed by atoms with Gasteiger partial charge in [0.1, 0.15) is 11.0 Å². The minimum atomic E-state index is -0.697. The van der Waals surface area contributed by atoms with Crippen molar-refractivity contribution < 1.29 is 19.1 Å². The predicted octanol–water partition coefficient (Wildman–Crippen LogP) is 4.17. The van der Waals surface area contributed by atoms with Gasteiger partial charge in [-0.25, -0.2) is 4.79 Å². The highest BCUT2D eigenvalue weighted by molar-refractivity contribution is 7.16. The number of fused-ring (bicyclic) bond motifs is 1. The molecule has 7 nitrogen and oxygen atoms in total. The molecule has 2 amide bonds. The Labute approximate surface area is 180 Å². The monoisotopic (exact) mass is 429 g/mol. The van der Waals surface area contributed by atoms with E-state index in [1.165, 1.54) is 11.3 Å². The number of nitrogens with one attached hydrogen (secondary N) is 3. The highest BCUT2D eigenvalue weighted by atomic mass is 32.1. The largest absolute Gasteiger partial charge is 0.462 e. The number of benzene rings is 1. The summed E-state index contributed by atoms with van der Waals surface area (Å²) in [6, 6.07) is 3.18. The van der Waals surface area contributed by atoms with E-state index in [4.69, 9.17) is 4.74 Å². The molecule has 0 saturated carbocycles. The molecule has 3 rings (SSSR count). The third kappa shape index (κ3) is 4.33. The summed E-state index contributed by atoms with van der Waals surface area (Å²) >= 11 is 1.35. The fourth-order valence-corrected chi connectivity index (χ4v) is 4.68. The van der Waals surface area contributed by atoms with Crippen LogP contribution in [0.2, 0.25) is 0 Å². The molecule has 0 radical (unpaired) electrons. The number of hydrogen-bond donors (Lipinski definition) is 3. The molecular weight excluding hydrogens is 402 g/mol. The van der Waals surface area contributed by atoms with Crippen LogP contribution in [0.3, 0.4) is 0 Å². The van der Waals surface area contributed by atoms with E-state index in [0.717, 1.165) is 27.3 Å². The molecule has 1 unspecified atom stereocenters. The lowest BCUT2D eigenvalue weighted by molar-refractivity contribution is -0.122. The number of amides is 2. The summed E-state index contributed by atoms with van der Waals surface area (Å²) in [4.78, 5) is 38.6. The Morgan fingerprint density at radius 3 is 2.43 bits per heavy atom. The second-order valence-corrected chi connectivity index (χ2v) is 8.56. The Balaban J connectivity index is 1.77. The van der Waals surface area contributed by atoms with Crippen LogP contribution < -0.4 is 16.0 Å². The van der Waals surface area contributed by atoms with E-state index in [1.807, 2.05) is 39.8 Å². The summed E-state index contributed by atoms with van der Waals surface area (Å²) in [5.41, 5.74) is 4.97. The first-order chi connectivity index (χ1) is 14.2. The second-order valence-electron chi connectivity index (χ2n) is 7.34. The van der Waals surface area contributed by atoms with Crippen molar-refractivity contribution in [3.8, 4) is 0 Å². The summed E-state index contributed by atoms with van der Waals surface area (Å²) < 4.78 is 5.17. The molecule has 30 heavy (non-hydrogen) atoms. The van der Waals surface area contributed by atoms with Gasteiger partial charge in [0.05, 0.1) is 30.0 Å². The lowest BCUT2D eigenvalue weighted by Gasteiger charge is -2.27. The van der Waals surface area contributed by atoms with E-state index in [-0.39, 0.29) is 24.8 Å². The minimum absolute atomic E-state index is 0.0567. The van der Waals surface area contributed by atoms with Crippen molar-refractivity contribution in [2.45, 2.75) is 53.5 Å². The molecule has 160 valence electrons. The van der Waals surface area contributed by atoms with Gasteiger partial charge in [0.25, 0.3) is 0 Å². The Morgan fingerprint density at radius 1 is 1.13 bits per heavy atom. The first-order valence-electron chi connectivity index (χ1n) is 10.0. The minimum Gasteiger partial charge on any atom is -0.462 e. The van der Waals surface area contributed by atoms with Gasteiger partial charge in [0.15, 0.2) is 0 Å². The van der Waals surface area contributed by atoms with Crippen LogP contribution >= 0.6 is 11.3 Å². The zero-order chi connectivity index (χ0) is 22.0. The SMILES string of the molecule is CCOC(=O)c1c(NC(=O)CC2Nc3cc(C)c(C)cc3NC2=O)sc(C)c1CC. The highest BCUT2D eigenvalue weighted by Crippen LogP contribution is 2.35. The molecule has 0 spiro atoms. The summed E-state index contributed by atoms with van der Waals surface area (Å²) in [5.74, 6) is -1.05. The molecule has 3 N–H and O–H groups in total. The van der Waals surface area contributed by atoms with Crippen molar-refractivity contribution in [3.63, 3.8) is 0 Å². The first-order valence-corrected chi connectivity index (χ1v) is 10.8. The van der Waals surface area contributed by atoms with Crippen LogP contribution in [0.15, 0.2) is 12.1 Å². The van der Waals surface area contributed by atoms with Crippen molar-refractivity contribution in [2.75, 3.05) is 22.6 Å². The number of thiophene rings is 1. The lowest BCUT2D eigenvalue weighted by atomic mass is 10.0. The van der Waals surface area contributed by atoms with Gasteiger partial charge in [-0.15, -0.1) is 11.3 Å². The molecule has 0 fully saturated rings. The molecule has 0 bridgehead atoms. The summed E-state index contributed by atoms with van der Waals surface area (Å²) in [6.45, 7) is 9.86. The molecule has 1 aliphatic rings. The highest BCUT2D eigenvalue weighted by Gasteiger charge is 2.29. The van der Waals surface area contributed by atoms with Crippen LogP contribution in [0.1, 0.15) is 52.2 Å². The van der Waals surface area contributed by atoms with Gasteiger partial charge < -0.3 is 20.7 Å². The molecule has 1 aromatic carbocycles. The van der Waals surface area contributed by atoms with Gasteiger partial charge in [0.2, 0.25) is 11.8 Å². The van der Waals surface area contributed by atoms with Crippen molar-refractivity contribution in [1.82, 2.24) is 0 Å². The lowest BCUT2D eigenvalue weighted by Crippen LogP contribution is -2.41. The number of ether oxygens (including phenoxy) is 1. The third-order valence-electron chi connectivity index (χ3n) is 5.22. The number of rotatable bonds is 6. The van der Waals surface area contributed by atoms with E-state index in [9.17, 15) is 14.4 Å². The van der Waals surface area contributed by atoms with Gasteiger partial charge in [-0.2, -0.15) is 0 Å². The number of anilines is 3. The van der Waals surface area contributed by atoms with Crippen molar-refractivity contribution in [1.29, 1.82) is 0 Å². The number of carbonyl (C=O) groups is 3. The second kappa shape index (κ2) is 8.87. The number of esters is 1. The predicted molar refractivity (Wildman–Crippen MR) is 120 cm³/mol. The normalized spacial score (nSPS) is 15.1. The zero-order valence-corrected chi connectivity index (χ0v) is 18.7. The van der Waals surface area contributed by atoms with E-state index >= 15 is 0 Å². The number of aryl methyl sites for hydroxylation is 3. The van der Waals surface area contributed by atoms with Crippen molar-refractivity contribution >= 4 is 45.5 Å². The van der Waals surface area contributed by atoms with Crippen molar-refractivity contribution in [2.24, 2.45) is 0 Å². The van der Waals surface area contributed by atoms with Crippen LogP contribution in [0.5, 0.6) is 0 Å². The summed E-state index contributed by atoms with van der Waals surface area (Å²) in [6.07, 6.45) is 0.605. The van der Waals surface area contributed by atoms with Gasteiger partial charge in [-0.3, -0.25) is 9.59 Å². The van der Waals surface area contributed by atoms with Gasteiger partial charge in [0, 0.05) is 4.88 Å². The Bertz CT molecular complexity index is 1010. The Kier molecular flexibility index (Phi) is 6.45. The van der Waals surface area contributed by atoms with Crippen LogP contribution in [0.25, 0.3) is 0 Å². The quantitative estimate of drug-likeness (QED) is 0.599. The Morgan fingerprint density at radius 2 is 1.80 bits per heavy atom. The van der Waals surface area contributed by atoms with Crippen LogP contribution in [-0.4, -0.2) is 30.4 Å². The van der Waals surface area contributed by atoms with Gasteiger partial charge in [-0.1, -0.05) is 6.92 Å². The summed E-state index contributed by atoms with van der Waals surface area (Å²) in [7, 11) is 0. The van der Waals surface area contributed by atoms with E-state index in [2.05, 4.69) is 16.0 Å². The van der Waals surface area contributed by atoms with E-state index < -0.39 is 12.0 Å². The molecule has 8 heteroatoms. The molecule has 1 aromatic heterocycles. The molecule has 0 saturated heterocycles. The number of carbonyl (C=O) groups excluding carboxylic acids is 3. The molecular formula is C22H27N3O4S. The average molecular weight is 430 g/mol. The molecule has 0 aliphatic carbocycles. The molecule has 2 aromatic rings. The van der Waals surface area contributed by atoms with E-state index in [0.29, 0.717) is 22.7 Å². The maximum Gasteiger partial charge on any atom is 0.341 e. The molecule has 2 heterocycles. The topological polar surface area (TPSA) is 96.5 Å². The number of hydrogen-bond acceptors (Lipinski definition) is 6. The van der Waals surface area contributed by atoms with Crippen molar-refractivity contribution in [3.05, 3.63) is 39.3 Å². The van der Waals surface area contributed by atoms with Gasteiger partial charge in [-0.05, 0) is 62.9 Å². The van der Waals surface area contributed by atoms with Gasteiger partial charge >= 0.3 is 5.97 Å². The average Bonchev–Trinajstić information content (AvgIpc) is 2.99. The summed E-state index contributed by atoms with van der Waals surface area (Å²) in [5, 5.41) is 9.30. The Hall–Kier alpha value is -2.87. The standard InChI is InChI=1S/C22H27N3O4S/c1-6-14-13(5)30-21(19(14)22(28)29-7-2)25-18(26)10-17-20(27)24-16-9-12(4)11(3)8-15(16)23-17/h8-9,17,23H,6-7,10H2,1-5H3,(H,24,27)(H,25,26). The maximum atomic E-state index is 12.7. The van der Waals surface area contributed by atoms with Crippen LogP contribution in [0, 0.1) is 20.8 Å². The molecule has 1 aliphatic heterocycles. The zero-order valence-electron chi connectivity index (χ0n) is 17.9. The molecule has 1 atom stereocenters. The third-order valence-corrected chi connectivity index (χ3v) is 6.29. The fourth-order valence-electron chi connectivity index (χ4n) is 3.53. The fraction of sp³-hybridized carbons (Fsp3) is 0.409. The van der Waals surface area contributed by atoms with Crippen LogP contribution in [0.4, 0.5) is 16.4 Å². The smallest absolute Gasteiger partial charge is 0.341 e. The van der Waals surface area contributed by atoms with E-state index in [1.54, 1.807) is 6.92 Å². The first kappa shape index (κ1) is 21.8. The maximum absolute atomic E-state index is 12.7. The van der Waals surface area contributed by atoms with Crippen LogP contribution in [-0.2, 0) is 20.7 Å².